The van der Waals surface area contributed by atoms with Crippen LogP contribution in [0.2, 0.25) is 0 Å². The fourth-order valence-electron chi connectivity index (χ4n) is 1.89. The average molecular weight is 292 g/mol. The summed E-state index contributed by atoms with van der Waals surface area (Å²) in [6.07, 6.45) is 1.81. The highest BCUT2D eigenvalue weighted by molar-refractivity contribution is 7.13. The summed E-state index contributed by atoms with van der Waals surface area (Å²) in [4.78, 5) is 6.62. The third-order valence-electron chi connectivity index (χ3n) is 2.83. The summed E-state index contributed by atoms with van der Waals surface area (Å²) >= 11 is 1.54. The van der Waals surface area contributed by atoms with Gasteiger partial charge in [0.1, 0.15) is 10.8 Å². The second-order valence-electron chi connectivity index (χ2n) is 4.40. The fourth-order valence-corrected chi connectivity index (χ4v) is 2.71. The topological polar surface area (TPSA) is 36.4 Å². The lowest BCUT2D eigenvalue weighted by Gasteiger charge is -2.17. The standard InChI is InChI=1S/C15H17FN2OS/c1-2-7-18(8-9-19)10-14-11-20-15(17-14)12-3-5-13(16)6-4-12/h2-6,11,19H,1,7-10H2. The molecular weight excluding hydrogens is 275 g/mol. The van der Waals surface area contributed by atoms with E-state index in [2.05, 4.69) is 16.5 Å². The molecule has 2 rings (SSSR count). The number of hydrogen-bond acceptors (Lipinski definition) is 4. The van der Waals surface area contributed by atoms with E-state index in [0.29, 0.717) is 19.6 Å². The lowest BCUT2D eigenvalue weighted by atomic mass is 10.2. The maximum Gasteiger partial charge on any atom is 0.123 e. The van der Waals surface area contributed by atoms with Crippen molar-refractivity contribution in [3.8, 4) is 10.6 Å². The van der Waals surface area contributed by atoms with Crippen LogP contribution in [-0.2, 0) is 6.54 Å². The molecular formula is C15H17FN2OS. The van der Waals surface area contributed by atoms with Crippen LogP contribution in [0, 0.1) is 5.82 Å². The van der Waals surface area contributed by atoms with Crippen molar-refractivity contribution in [1.82, 2.24) is 9.88 Å². The van der Waals surface area contributed by atoms with Gasteiger partial charge in [-0.25, -0.2) is 9.37 Å². The Morgan fingerprint density at radius 2 is 2.10 bits per heavy atom. The molecule has 20 heavy (non-hydrogen) atoms. The Bertz CT molecular complexity index is 553. The van der Waals surface area contributed by atoms with E-state index in [9.17, 15) is 4.39 Å². The predicted octanol–water partition coefficient (Wildman–Crippen LogP) is 2.93. The summed E-state index contributed by atoms with van der Waals surface area (Å²) in [7, 11) is 0. The highest BCUT2D eigenvalue weighted by Crippen LogP contribution is 2.24. The van der Waals surface area contributed by atoms with E-state index in [4.69, 9.17) is 5.11 Å². The van der Waals surface area contributed by atoms with E-state index >= 15 is 0 Å². The molecule has 5 heteroatoms. The van der Waals surface area contributed by atoms with E-state index in [0.717, 1.165) is 16.3 Å². The molecule has 0 fully saturated rings. The van der Waals surface area contributed by atoms with E-state index in [1.807, 2.05) is 11.5 Å². The van der Waals surface area contributed by atoms with Gasteiger partial charge in [-0.3, -0.25) is 4.90 Å². The average Bonchev–Trinajstić information content (AvgIpc) is 2.89. The van der Waals surface area contributed by atoms with Crippen LogP contribution in [0.1, 0.15) is 5.69 Å². The predicted molar refractivity (Wildman–Crippen MR) is 80.1 cm³/mol. The monoisotopic (exact) mass is 292 g/mol. The first-order valence-corrected chi connectivity index (χ1v) is 7.25. The number of aliphatic hydroxyl groups excluding tert-OH is 1. The van der Waals surface area contributed by atoms with Crippen molar-refractivity contribution in [2.75, 3.05) is 19.7 Å². The SMILES string of the molecule is C=CCN(CCO)Cc1csc(-c2ccc(F)cc2)n1. The van der Waals surface area contributed by atoms with Crippen molar-refractivity contribution in [3.63, 3.8) is 0 Å². The molecule has 3 nitrogen and oxygen atoms in total. The zero-order valence-electron chi connectivity index (χ0n) is 11.1. The van der Waals surface area contributed by atoms with Crippen molar-refractivity contribution in [2.45, 2.75) is 6.54 Å². The molecule has 0 spiro atoms. The Hall–Kier alpha value is -1.56. The largest absolute Gasteiger partial charge is 0.395 e. The van der Waals surface area contributed by atoms with E-state index < -0.39 is 0 Å². The van der Waals surface area contributed by atoms with Crippen molar-refractivity contribution in [2.24, 2.45) is 0 Å². The molecule has 0 saturated carbocycles. The van der Waals surface area contributed by atoms with Crippen LogP contribution in [0.25, 0.3) is 10.6 Å². The van der Waals surface area contributed by atoms with Gasteiger partial charge in [-0.2, -0.15) is 0 Å². The number of halogens is 1. The molecule has 0 aliphatic rings. The molecule has 1 aromatic carbocycles. The third kappa shape index (κ3) is 3.96. The third-order valence-corrected chi connectivity index (χ3v) is 3.77. The Balaban J connectivity index is 2.08. The van der Waals surface area contributed by atoms with Crippen LogP contribution in [0.5, 0.6) is 0 Å². The van der Waals surface area contributed by atoms with Gasteiger partial charge >= 0.3 is 0 Å². The van der Waals surface area contributed by atoms with Gasteiger partial charge in [0.15, 0.2) is 0 Å². The Labute approximate surface area is 122 Å². The smallest absolute Gasteiger partial charge is 0.123 e. The fraction of sp³-hybridized carbons (Fsp3) is 0.267. The van der Waals surface area contributed by atoms with E-state index in [1.165, 1.54) is 23.5 Å². The minimum atomic E-state index is -0.245. The van der Waals surface area contributed by atoms with Gasteiger partial charge in [0.05, 0.1) is 12.3 Å². The molecule has 1 aromatic heterocycles. The summed E-state index contributed by atoms with van der Waals surface area (Å²) in [5.41, 5.74) is 1.87. The lowest BCUT2D eigenvalue weighted by molar-refractivity contribution is 0.202. The Kier molecular flexibility index (Phi) is 5.40. The van der Waals surface area contributed by atoms with Crippen molar-refractivity contribution in [1.29, 1.82) is 0 Å². The summed E-state index contributed by atoms with van der Waals surface area (Å²) in [6, 6.07) is 6.33. The van der Waals surface area contributed by atoms with E-state index in [-0.39, 0.29) is 12.4 Å². The summed E-state index contributed by atoms with van der Waals surface area (Å²) in [6.45, 7) is 5.80. The zero-order valence-corrected chi connectivity index (χ0v) is 11.9. The van der Waals surface area contributed by atoms with Gasteiger partial charge < -0.3 is 5.11 Å². The number of benzene rings is 1. The molecule has 0 saturated heterocycles. The lowest BCUT2D eigenvalue weighted by Crippen LogP contribution is -2.26. The minimum absolute atomic E-state index is 0.114. The maximum atomic E-state index is 12.9. The van der Waals surface area contributed by atoms with Gasteiger partial charge in [0.2, 0.25) is 0 Å². The molecule has 0 atom stereocenters. The molecule has 0 amide bonds. The zero-order chi connectivity index (χ0) is 14.4. The molecule has 0 bridgehead atoms. The van der Waals surface area contributed by atoms with E-state index in [1.54, 1.807) is 12.1 Å². The second-order valence-corrected chi connectivity index (χ2v) is 5.26. The number of nitrogens with zero attached hydrogens (tertiary/aromatic N) is 2. The van der Waals surface area contributed by atoms with Crippen LogP contribution in [0.15, 0.2) is 42.3 Å². The molecule has 0 radical (unpaired) electrons. The summed E-state index contributed by atoms with van der Waals surface area (Å²) < 4.78 is 12.9. The number of hydrogen-bond donors (Lipinski definition) is 1. The van der Waals surface area contributed by atoms with Crippen molar-refractivity contribution < 1.29 is 9.50 Å². The highest BCUT2D eigenvalue weighted by atomic mass is 32.1. The van der Waals surface area contributed by atoms with Crippen LogP contribution >= 0.6 is 11.3 Å². The molecule has 1 heterocycles. The normalized spacial score (nSPS) is 10.9. The molecule has 2 aromatic rings. The number of rotatable bonds is 7. The first-order valence-electron chi connectivity index (χ1n) is 6.37. The molecule has 0 aliphatic heterocycles. The summed E-state index contributed by atoms with van der Waals surface area (Å²) in [5.74, 6) is -0.245. The number of thiazole rings is 1. The molecule has 0 aliphatic carbocycles. The van der Waals surface area contributed by atoms with Gasteiger partial charge in [-0.1, -0.05) is 6.08 Å². The minimum Gasteiger partial charge on any atom is -0.395 e. The highest BCUT2D eigenvalue weighted by Gasteiger charge is 2.09. The second kappa shape index (κ2) is 7.28. The van der Waals surface area contributed by atoms with Gasteiger partial charge in [-0.15, -0.1) is 17.9 Å². The van der Waals surface area contributed by atoms with Gasteiger partial charge in [0.25, 0.3) is 0 Å². The maximum absolute atomic E-state index is 12.9. The quantitative estimate of drug-likeness (QED) is 0.797. The van der Waals surface area contributed by atoms with Crippen molar-refractivity contribution in [3.05, 3.63) is 53.8 Å². The summed E-state index contributed by atoms with van der Waals surface area (Å²) in [5, 5.41) is 11.9. The van der Waals surface area contributed by atoms with Crippen LogP contribution in [0.4, 0.5) is 4.39 Å². The van der Waals surface area contributed by atoms with Crippen LogP contribution < -0.4 is 0 Å². The van der Waals surface area contributed by atoms with Crippen LogP contribution in [-0.4, -0.2) is 34.7 Å². The Morgan fingerprint density at radius 3 is 2.75 bits per heavy atom. The first-order chi connectivity index (χ1) is 9.72. The molecule has 106 valence electrons. The van der Waals surface area contributed by atoms with Gasteiger partial charge in [-0.05, 0) is 24.3 Å². The number of aliphatic hydroxyl groups is 1. The molecule has 0 unspecified atom stereocenters. The Morgan fingerprint density at radius 1 is 1.35 bits per heavy atom. The van der Waals surface area contributed by atoms with Crippen molar-refractivity contribution >= 4 is 11.3 Å². The molecule has 1 N–H and O–H groups in total. The van der Waals surface area contributed by atoms with Crippen LogP contribution in [0.3, 0.4) is 0 Å². The first kappa shape index (κ1) is 14.8. The van der Waals surface area contributed by atoms with Gasteiger partial charge in [0, 0.05) is 30.6 Å². The number of aromatic nitrogens is 1.